The number of hydrogen-bond acceptors (Lipinski definition) is 4. The van der Waals surface area contributed by atoms with Crippen molar-refractivity contribution in [1.29, 1.82) is 0 Å². The van der Waals surface area contributed by atoms with E-state index in [4.69, 9.17) is 14.9 Å². The summed E-state index contributed by atoms with van der Waals surface area (Å²) in [5, 5.41) is 18.3. The van der Waals surface area contributed by atoms with Crippen molar-refractivity contribution in [2.45, 2.75) is 19.3 Å². The summed E-state index contributed by atoms with van der Waals surface area (Å²) < 4.78 is 5.17. The Labute approximate surface area is 123 Å². The monoisotopic (exact) mass is 286 g/mol. The minimum atomic E-state index is -0.234. The lowest BCUT2D eigenvalue weighted by atomic mass is 10.1. The molecule has 0 bridgehead atoms. The van der Waals surface area contributed by atoms with Crippen LogP contribution < -0.4 is 0 Å². The number of esters is 1. The summed E-state index contributed by atoms with van der Waals surface area (Å²) >= 11 is 0. The van der Waals surface area contributed by atoms with E-state index in [9.17, 15) is 4.79 Å². The fourth-order valence-electron chi connectivity index (χ4n) is 1.93. The normalized spacial score (nSPS) is 10.3. The van der Waals surface area contributed by atoms with Gasteiger partial charge in [0.1, 0.15) is 11.5 Å². The van der Waals surface area contributed by atoms with Crippen molar-refractivity contribution in [3.05, 3.63) is 59.7 Å². The lowest BCUT2D eigenvalue weighted by molar-refractivity contribution is -0.143. The Morgan fingerprint density at radius 3 is 1.81 bits per heavy atom. The topological polar surface area (TPSA) is 66.8 Å². The molecule has 0 unspecified atom stereocenters. The van der Waals surface area contributed by atoms with Gasteiger partial charge in [-0.25, -0.2) is 0 Å². The third-order valence-electron chi connectivity index (χ3n) is 3.14. The van der Waals surface area contributed by atoms with Crippen LogP contribution in [0.25, 0.3) is 0 Å². The molecule has 4 heteroatoms. The van der Waals surface area contributed by atoms with Gasteiger partial charge in [-0.05, 0) is 41.8 Å². The van der Waals surface area contributed by atoms with Gasteiger partial charge < -0.3 is 14.9 Å². The summed E-state index contributed by atoms with van der Waals surface area (Å²) in [6.07, 6.45) is 1.55. The first kappa shape index (κ1) is 14.9. The highest BCUT2D eigenvalue weighted by Gasteiger charge is 2.04. The third kappa shape index (κ3) is 5.18. The number of carbonyl (C=O) groups is 1. The number of hydrogen-bond donors (Lipinski definition) is 2. The SMILES string of the molecule is O=C(CCc1ccc(O)cc1)OCCc1ccc(O)cc1. The van der Waals surface area contributed by atoms with Crippen molar-refractivity contribution in [1.82, 2.24) is 0 Å². The Bertz CT molecular complexity index is 573. The molecule has 0 radical (unpaired) electrons. The van der Waals surface area contributed by atoms with Gasteiger partial charge >= 0.3 is 5.97 Å². The number of phenols is 2. The van der Waals surface area contributed by atoms with Gasteiger partial charge in [-0.1, -0.05) is 24.3 Å². The second-order valence-corrected chi connectivity index (χ2v) is 4.80. The number of aryl methyl sites for hydroxylation is 1. The maximum Gasteiger partial charge on any atom is 0.306 e. The highest BCUT2D eigenvalue weighted by atomic mass is 16.5. The van der Waals surface area contributed by atoms with E-state index >= 15 is 0 Å². The summed E-state index contributed by atoms with van der Waals surface area (Å²) in [5.74, 6) is 0.210. The average molecular weight is 286 g/mol. The van der Waals surface area contributed by atoms with Gasteiger partial charge in [0.15, 0.2) is 0 Å². The zero-order chi connectivity index (χ0) is 15.1. The molecule has 2 aromatic rings. The average Bonchev–Trinajstić information content (AvgIpc) is 2.49. The Morgan fingerprint density at radius 2 is 1.29 bits per heavy atom. The molecule has 2 aromatic carbocycles. The number of carbonyl (C=O) groups excluding carboxylic acids is 1. The molecule has 0 aliphatic carbocycles. The first-order valence-electron chi connectivity index (χ1n) is 6.85. The van der Waals surface area contributed by atoms with Gasteiger partial charge in [-0.15, -0.1) is 0 Å². The van der Waals surface area contributed by atoms with E-state index in [0.29, 0.717) is 25.9 Å². The zero-order valence-electron chi connectivity index (χ0n) is 11.7. The van der Waals surface area contributed by atoms with Crippen molar-refractivity contribution in [3.8, 4) is 11.5 Å². The smallest absolute Gasteiger partial charge is 0.306 e. The number of ether oxygens (including phenoxy) is 1. The van der Waals surface area contributed by atoms with Crippen LogP contribution in [0.5, 0.6) is 11.5 Å². The van der Waals surface area contributed by atoms with E-state index in [1.165, 1.54) is 0 Å². The molecule has 0 atom stereocenters. The van der Waals surface area contributed by atoms with E-state index in [1.807, 2.05) is 0 Å². The zero-order valence-corrected chi connectivity index (χ0v) is 11.7. The summed E-state index contributed by atoms with van der Waals surface area (Å²) in [6, 6.07) is 13.6. The van der Waals surface area contributed by atoms with Crippen molar-refractivity contribution in [3.63, 3.8) is 0 Å². The maximum atomic E-state index is 11.6. The predicted octanol–water partition coefficient (Wildman–Crippen LogP) is 2.82. The largest absolute Gasteiger partial charge is 0.508 e. The lowest BCUT2D eigenvalue weighted by Gasteiger charge is -2.05. The molecule has 0 fully saturated rings. The molecule has 0 aromatic heterocycles. The van der Waals surface area contributed by atoms with E-state index in [1.54, 1.807) is 48.5 Å². The molecule has 110 valence electrons. The van der Waals surface area contributed by atoms with Gasteiger partial charge in [0, 0.05) is 12.8 Å². The van der Waals surface area contributed by atoms with E-state index in [2.05, 4.69) is 0 Å². The van der Waals surface area contributed by atoms with Crippen LogP contribution in [0.4, 0.5) is 0 Å². The van der Waals surface area contributed by atoms with Crippen LogP contribution in [-0.2, 0) is 22.4 Å². The molecule has 0 aliphatic rings. The van der Waals surface area contributed by atoms with Crippen molar-refractivity contribution in [2.75, 3.05) is 6.61 Å². The van der Waals surface area contributed by atoms with E-state index in [0.717, 1.165) is 11.1 Å². The molecule has 0 saturated carbocycles. The first-order chi connectivity index (χ1) is 10.1. The van der Waals surface area contributed by atoms with E-state index < -0.39 is 0 Å². The highest BCUT2D eigenvalue weighted by molar-refractivity contribution is 5.69. The van der Waals surface area contributed by atoms with Crippen LogP contribution in [0, 0.1) is 0 Å². The first-order valence-corrected chi connectivity index (χ1v) is 6.85. The van der Waals surface area contributed by atoms with Gasteiger partial charge in [0.05, 0.1) is 6.61 Å². The number of benzene rings is 2. The molecule has 0 spiro atoms. The standard InChI is InChI=1S/C17H18O4/c18-15-6-1-13(2-7-15)5-10-17(20)21-12-11-14-3-8-16(19)9-4-14/h1-4,6-9,18-19H,5,10-12H2. The van der Waals surface area contributed by atoms with Crippen LogP contribution in [0.2, 0.25) is 0 Å². The molecule has 21 heavy (non-hydrogen) atoms. The van der Waals surface area contributed by atoms with E-state index in [-0.39, 0.29) is 17.5 Å². The number of aromatic hydroxyl groups is 2. The summed E-state index contributed by atoms with van der Waals surface area (Å²) in [5.41, 5.74) is 2.00. The summed E-state index contributed by atoms with van der Waals surface area (Å²) in [6.45, 7) is 0.333. The minimum absolute atomic E-state index is 0.218. The lowest BCUT2D eigenvalue weighted by Crippen LogP contribution is -2.08. The minimum Gasteiger partial charge on any atom is -0.508 e. The highest BCUT2D eigenvalue weighted by Crippen LogP contribution is 2.12. The third-order valence-corrected chi connectivity index (χ3v) is 3.14. The molecule has 2 N–H and O–H groups in total. The van der Waals surface area contributed by atoms with Crippen molar-refractivity contribution >= 4 is 5.97 Å². The Balaban J connectivity index is 1.67. The van der Waals surface area contributed by atoms with Crippen molar-refractivity contribution < 1.29 is 19.7 Å². The fourth-order valence-corrected chi connectivity index (χ4v) is 1.93. The molecule has 0 aliphatic heterocycles. The molecule has 4 nitrogen and oxygen atoms in total. The van der Waals surface area contributed by atoms with Crippen molar-refractivity contribution in [2.24, 2.45) is 0 Å². The summed E-state index contributed by atoms with van der Waals surface area (Å²) in [7, 11) is 0. The number of phenolic OH excluding ortho intramolecular Hbond substituents is 2. The second-order valence-electron chi connectivity index (χ2n) is 4.80. The van der Waals surface area contributed by atoms with Gasteiger partial charge in [-0.3, -0.25) is 4.79 Å². The van der Waals surface area contributed by atoms with Gasteiger partial charge in [0.2, 0.25) is 0 Å². The van der Waals surface area contributed by atoms with Crippen LogP contribution in [0.3, 0.4) is 0 Å². The Kier molecular flexibility index (Phi) is 5.21. The van der Waals surface area contributed by atoms with Crippen LogP contribution in [0.1, 0.15) is 17.5 Å². The van der Waals surface area contributed by atoms with Gasteiger partial charge in [-0.2, -0.15) is 0 Å². The molecular weight excluding hydrogens is 268 g/mol. The molecular formula is C17H18O4. The summed E-state index contributed by atoms with van der Waals surface area (Å²) in [4.78, 5) is 11.6. The quantitative estimate of drug-likeness (QED) is 0.801. The Hall–Kier alpha value is -2.49. The van der Waals surface area contributed by atoms with Crippen LogP contribution in [-0.4, -0.2) is 22.8 Å². The second kappa shape index (κ2) is 7.33. The number of rotatable bonds is 6. The Morgan fingerprint density at radius 1 is 0.810 bits per heavy atom. The molecule has 0 amide bonds. The molecule has 0 heterocycles. The van der Waals surface area contributed by atoms with Crippen LogP contribution >= 0.6 is 0 Å². The van der Waals surface area contributed by atoms with Crippen LogP contribution in [0.15, 0.2) is 48.5 Å². The maximum absolute atomic E-state index is 11.6. The molecule has 2 rings (SSSR count). The fraction of sp³-hybridized carbons (Fsp3) is 0.235. The van der Waals surface area contributed by atoms with Gasteiger partial charge in [0.25, 0.3) is 0 Å². The molecule has 0 saturated heterocycles. The predicted molar refractivity (Wildman–Crippen MR) is 79.2 cm³/mol.